The lowest BCUT2D eigenvalue weighted by atomic mass is 9.95. The minimum absolute atomic E-state index is 0.0382. The topological polar surface area (TPSA) is 119 Å². The van der Waals surface area contributed by atoms with Gasteiger partial charge in [-0.15, -0.1) is 6.42 Å². The fourth-order valence-corrected chi connectivity index (χ4v) is 6.71. The van der Waals surface area contributed by atoms with E-state index in [1.54, 1.807) is 13.1 Å². The molecule has 5 aromatic rings. The van der Waals surface area contributed by atoms with E-state index in [0.29, 0.717) is 24.1 Å². The molecular weight excluding hydrogens is 601 g/mol. The van der Waals surface area contributed by atoms with Crippen LogP contribution in [0.3, 0.4) is 0 Å². The van der Waals surface area contributed by atoms with E-state index in [1.165, 1.54) is 31.4 Å². The molecule has 2 aliphatic heterocycles. The first-order valence-corrected chi connectivity index (χ1v) is 14.7. The largest absolute Gasteiger partial charge is 0.508 e. The first kappa shape index (κ1) is 29.6. The van der Waals surface area contributed by atoms with Crippen molar-refractivity contribution in [3.8, 4) is 41.2 Å². The molecule has 2 fully saturated rings. The van der Waals surface area contributed by atoms with Crippen LogP contribution in [0, 0.1) is 30.9 Å². The molecular formula is C33H29F3N6O4. The van der Waals surface area contributed by atoms with Crippen molar-refractivity contribution < 1.29 is 32.3 Å². The van der Waals surface area contributed by atoms with Crippen LogP contribution in [0.25, 0.3) is 32.9 Å². The number of fused-ring (bicyclic) bond motifs is 3. The number of hydrogen-bond donors (Lipinski definition) is 2. The number of aryl methyl sites for hydroxylation is 1. The van der Waals surface area contributed by atoms with Crippen molar-refractivity contribution >= 4 is 27.5 Å². The summed E-state index contributed by atoms with van der Waals surface area (Å²) in [7, 11) is 1.36. The maximum atomic E-state index is 16.8. The lowest BCUT2D eigenvalue weighted by Crippen LogP contribution is -2.43. The predicted molar refractivity (Wildman–Crippen MR) is 163 cm³/mol. The van der Waals surface area contributed by atoms with E-state index >= 15 is 4.39 Å². The zero-order chi connectivity index (χ0) is 32.2. The van der Waals surface area contributed by atoms with E-state index in [-0.39, 0.29) is 69.7 Å². The minimum atomic E-state index is -0.962. The van der Waals surface area contributed by atoms with Gasteiger partial charge in [-0.25, -0.2) is 18.2 Å². The van der Waals surface area contributed by atoms with Crippen LogP contribution in [0.2, 0.25) is 0 Å². The third-order valence-electron chi connectivity index (χ3n) is 8.90. The van der Waals surface area contributed by atoms with E-state index in [9.17, 15) is 13.9 Å². The number of benzene rings is 2. The standard InChI is InChI=1S/C33H29F3N6O4/c1-4-22-24(35)7-6-18-10-21(43)11-23(25(18)22)28-27(36)29-26(31(39-28)44-3)30(37-13-19-14-38-46-17(19)2)41-32(40-29)45-16-33-8-5-9-42(33)15-20(34)12-33/h1,6-7,10-11,14,20,43H,5,8-9,12-13,15-16H2,2-3H3,(H,37,40,41)/t20-,33+/m1/s1. The number of terminal acetylenes is 1. The van der Waals surface area contributed by atoms with Crippen molar-refractivity contribution in [1.29, 1.82) is 0 Å². The maximum absolute atomic E-state index is 16.8. The smallest absolute Gasteiger partial charge is 0.319 e. The zero-order valence-corrected chi connectivity index (χ0v) is 25.0. The highest BCUT2D eigenvalue weighted by molar-refractivity contribution is 6.04. The molecule has 2 aliphatic rings. The van der Waals surface area contributed by atoms with Crippen molar-refractivity contribution in [1.82, 2.24) is 25.0 Å². The highest BCUT2D eigenvalue weighted by Crippen LogP contribution is 2.43. The Morgan fingerprint density at radius 1 is 1.22 bits per heavy atom. The second-order valence-corrected chi connectivity index (χ2v) is 11.6. The van der Waals surface area contributed by atoms with Crippen molar-refractivity contribution in [2.75, 3.05) is 32.1 Å². The van der Waals surface area contributed by atoms with E-state index < -0.39 is 23.3 Å². The van der Waals surface area contributed by atoms with Gasteiger partial charge in [0.05, 0.1) is 24.4 Å². The summed E-state index contributed by atoms with van der Waals surface area (Å²) < 4.78 is 63.0. The molecule has 7 rings (SSSR count). The van der Waals surface area contributed by atoms with Crippen molar-refractivity contribution in [2.24, 2.45) is 0 Å². The van der Waals surface area contributed by atoms with Gasteiger partial charge in [-0.2, -0.15) is 9.97 Å². The number of hydrogen-bond acceptors (Lipinski definition) is 10. The van der Waals surface area contributed by atoms with Crippen LogP contribution in [0.15, 0.2) is 35.0 Å². The molecule has 2 N–H and O–H groups in total. The molecule has 3 aromatic heterocycles. The molecule has 5 heterocycles. The molecule has 0 radical (unpaired) electrons. The van der Waals surface area contributed by atoms with Gasteiger partial charge in [-0.1, -0.05) is 17.1 Å². The van der Waals surface area contributed by atoms with Crippen molar-refractivity contribution in [3.63, 3.8) is 0 Å². The third-order valence-corrected chi connectivity index (χ3v) is 8.90. The minimum Gasteiger partial charge on any atom is -0.508 e. The first-order chi connectivity index (χ1) is 22.2. The van der Waals surface area contributed by atoms with Crippen LogP contribution in [-0.2, 0) is 6.54 Å². The Morgan fingerprint density at radius 3 is 2.83 bits per heavy atom. The van der Waals surface area contributed by atoms with Crippen LogP contribution in [0.1, 0.15) is 36.1 Å². The Hall–Kier alpha value is -5.09. The van der Waals surface area contributed by atoms with Gasteiger partial charge in [-0.05, 0) is 49.9 Å². The molecule has 2 atom stereocenters. The number of phenolic OH excluding ortho intramolecular Hbond substituents is 1. The molecule has 2 saturated heterocycles. The molecule has 0 bridgehead atoms. The Bertz CT molecular complexity index is 2050. The Morgan fingerprint density at radius 2 is 2.07 bits per heavy atom. The number of halogens is 3. The van der Waals surface area contributed by atoms with E-state index in [4.69, 9.17) is 20.4 Å². The fourth-order valence-electron chi connectivity index (χ4n) is 6.71. The van der Waals surface area contributed by atoms with Gasteiger partial charge in [0.15, 0.2) is 5.82 Å². The average Bonchev–Trinajstić information content (AvgIpc) is 3.72. The highest BCUT2D eigenvalue weighted by Gasteiger charge is 2.49. The van der Waals surface area contributed by atoms with E-state index in [2.05, 4.69) is 36.2 Å². The number of nitrogens with one attached hydrogen (secondary N) is 1. The number of aromatic hydroxyl groups is 1. The Labute approximate surface area is 261 Å². The van der Waals surface area contributed by atoms with Crippen LogP contribution >= 0.6 is 0 Å². The number of pyridine rings is 1. The summed E-state index contributed by atoms with van der Waals surface area (Å²) in [5, 5.41) is 18.2. The second kappa shape index (κ2) is 11.4. The number of anilines is 1. The zero-order valence-electron chi connectivity index (χ0n) is 25.0. The van der Waals surface area contributed by atoms with Gasteiger partial charge in [0.2, 0.25) is 5.88 Å². The lowest BCUT2D eigenvalue weighted by Gasteiger charge is -2.30. The second-order valence-electron chi connectivity index (χ2n) is 11.6. The number of aromatic nitrogens is 4. The first-order valence-electron chi connectivity index (χ1n) is 14.7. The molecule has 236 valence electrons. The van der Waals surface area contributed by atoms with Crippen LogP contribution in [0.4, 0.5) is 19.0 Å². The number of methoxy groups -OCH3 is 1. The van der Waals surface area contributed by atoms with Crippen LogP contribution in [-0.4, -0.2) is 68.6 Å². The van der Waals surface area contributed by atoms with Crippen LogP contribution in [0.5, 0.6) is 17.6 Å². The van der Waals surface area contributed by atoms with Crippen molar-refractivity contribution in [3.05, 3.63) is 59.0 Å². The summed E-state index contributed by atoms with van der Waals surface area (Å²) in [6.45, 7) is 3.18. The normalized spacial score (nSPS) is 19.4. The maximum Gasteiger partial charge on any atom is 0.319 e. The SMILES string of the molecule is C#Cc1c(F)ccc2cc(O)cc(-c3nc(OC)c4c(NCc5cnoc5C)nc(OC[C@@]56CCCN5C[C@H](F)C6)nc4c3F)c12. The van der Waals surface area contributed by atoms with Gasteiger partial charge < -0.3 is 24.4 Å². The number of phenols is 1. The Kier molecular flexibility index (Phi) is 7.32. The van der Waals surface area contributed by atoms with Crippen molar-refractivity contribution in [2.45, 2.75) is 44.4 Å². The number of rotatable bonds is 8. The molecule has 0 unspecified atom stereocenters. The summed E-state index contributed by atoms with van der Waals surface area (Å²) >= 11 is 0. The summed E-state index contributed by atoms with van der Waals surface area (Å²) in [5.41, 5.74) is -0.337. The Balaban J connectivity index is 1.41. The van der Waals surface area contributed by atoms with Gasteiger partial charge in [0, 0.05) is 36.0 Å². The van der Waals surface area contributed by atoms with Gasteiger partial charge in [-0.3, -0.25) is 4.90 Å². The average molecular weight is 631 g/mol. The molecule has 0 aliphatic carbocycles. The highest BCUT2D eigenvalue weighted by atomic mass is 19.1. The summed E-state index contributed by atoms with van der Waals surface area (Å²) in [6, 6.07) is 5.12. The summed E-state index contributed by atoms with van der Waals surface area (Å²) in [4.78, 5) is 15.6. The van der Waals surface area contributed by atoms with Gasteiger partial charge in [0.1, 0.15) is 52.5 Å². The van der Waals surface area contributed by atoms with E-state index in [1.807, 2.05) is 0 Å². The lowest BCUT2D eigenvalue weighted by molar-refractivity contribution is 0.107. The quantitative estimate of drug-likeness (QED) is 0.207. The van der Waals surface area contributed by atoms with Gasteiger partial charge in [0.25, 0.3) is 0 Å². The monoisotopic (exact) mass is 630 g/mol. The molecule has 13 heteroatoms. The number of ether oxygens (including phenoxy) is 2. The molecule has 0 amide bonds. The summed E-state index contributed by atoms with van der Waals surface area (Å²) in [5.74, 6) is 1.22. The molecule has 46 heavy (non-hydrogen) atoms. The molecule has 2 aromatic carbocycles. The third kappa shape index (κ3) is 4.89. The van der Waals surface area contributed by atoms with Gasteiger partial charge >= 0.3 is 6.01 Å². The number of alkyl halides is 1. The summed E-state index contributed by atoms with van der Waals surface area (Å²) in [6.07, 6.45) is 8.25. The fraction of sp³-hybridized carbons (Fsp3) is 0.333. The van der Waals surface area contributed by atoms with Crippen LogP contribution < -0.4 is 14.8 Å². The molecule has 0 saturated carbocycles. The molecule has 10 nitrogen and oxygen atoms in total. The number of nitrogens with zero attached hydrogens (tertiary/aromatic N) is 5. The predicted octanol–water partition coefficient (Wildman–Crippen LogP) is 5.68. The molecule has 0 spiro atoms. The van der Waals surface area contributed by atoms with E-state index in [0.717, 1.165) is 24.9 Å².